The summed E-state index contributed by atoms with van der Waals surface area (Å²) in [6.45, 7) is 1.30. The molecule has 1 N–H and O–H groups in total. The Labute approximate surface area is 133 Å². The van der Waals surface area contributed by atoms with Crippen molar-refractivity contribution >= 4 is 21.6 Å². The van der Waals surface area contributed by atoms with E-state index >= 15 is 0 Å². The van der Waals surface area contributed by atoms with Gasteiger partial charge in [-0.2, -0.15) is 0 Å². The second-order valence-corrected chi connectivity index (χ2v) is 7.55. The van der Waals surface area contributed by atoms with Crippen LogP contribution >= 0.6 is 0 Å². The summed E-state index contributed by atoms with van der Waals surface area (Å²) in [4.78, 5) is 24.0. The van der Waals surface area contributed by atoms with E-state index in [1.165, 1.54) is 6.92 Å². The van der Waals surface area contributed by atoms with Gasteiger partial charge in [-0.3, -0.25) is 9.59 Å². The molecule has 0 bridgehead atoms. The molecule has 1 atom stereocenters. The molecule has 5 nitrogen and oxygen atoms in total. The van der Waals surface area contributed by atoms with Gasteiger partial charge in [0.15, 0.2) is 17.4 Å². The van der Waals surface area contributed by atoms with Gasteiger partial charge in [-0.1, -0.05) is 0 Å². The molecule has 1 aliphatic carbocycles. The molecule has 1 fully saturated rings. The number of sulfonamides is 1. The fourth-order valence-electron chi connectivity index (χ4n) is 2.42. The first-order chi connectivity index (χ1) is 10.6. The van der Waals surface area contributed by atoms with Crippen molar-refractivity contribution in [3.8, 4) is 0 Å². The van der Waals surface area contributed by atoms with Crippen LogP contribution in [0.3, 0.4) is 0 Å². The molecule has 0 spiro atoms. The Bertz CT molecular complexity index is 757. The van der Waals surface area contributed by atoms with Crippen molar-refractivity contribution in [2.24, 2.45) is 5.92 Å². The molecule has 2 rings (SSSR count). The summed E-state index contributed by atoms with van der Waals surface area (Å²) in [6.07, 6.45) is 1.96. The molecule has 0 aliphatic heterocycles. The van der Waals surface area contributed by atoms with Crippen LogP contribution in [0.4, 0.5) is 8.78 Å². The molecule has 1 aromatic rings. The van der Waals surface area contributed by atoms with E-state index in [0.717, 1.165) is 31.2 Å². The van der Waals surface area contributed by atoms with Crippen molar-refractivity contribution in [1.29, 1.82) is 0 Å². The molecule has 8 heteroatoms. The van der Waals surface area contributed by atoms with E-state index in [0.29, 0.717) is 0 Å². The van der Waals surface area contributed by atoms with Gasteiger partial charge in [-0.15, -0.1) is 0 Å². The van der Waals surface area contributed by atoms with Crippen LogP contribution in [0.2, 0.25) is 0 Å². The highest BCUT2D eigenvalue weighted by Gasteiger charge is 2.32. The second kappa shape index (κ2) is 6.45. The highest BCUT2D eigenvalue weighted by molar-refractivity contribution is 7.88. The number of carbonyl (C=O) groups is 2. The molecule has 0 saturated heterocycles. The topological polar surface area (TPSA) is 80.3 Å². The Morgan fingerprint density at radius 2 is 1.91 bits per heavy atom. The van der Waals surface area contributed by atoms with Crippen LogP contribution in [-0.4, -0.2) is 26.2 Å². The monoisotopic (exact) mass is 345 g/mol. The predicted molar refractivity (Wildman–Crippen MR) is 79.4 cm³/mol. The fourth-order valence-corrected chi connectivity index (χ4v) is 3.18. The lowest BCUT2D eigenvalue weighted by molar-refractivity contribution is -0.119. The van der Waals surface area contributed by atoms with E-state index < -0.39 is 39.9 Å². The van der Waals surface area contributed by atoms with Gasteiger partial charge in [0.2, 0.25) is 10.0 Å². The number of halogens is 2. The van der Waals surface area contributed by atoms with Gasteiger partial charge in [-0.05, 0) is 31.9 Å². The Morgan fingerprint density at radius 1 is 1.30 bits per heavy atom. The zero-order chi connectivity index (χ0) is 17.4. The van der Waals surface area contributed by atoms with Gasteiger partial charge < -0.3 is 0 Å². The van der Waals surface area contributed by atoms with Gasteiger partial charge in [0.25, 0.3) is 0 Å². The Morgan fingerprint density at radius 3 is 2.43 bits per heavy atom. The third kappa shape index (κ3) is 4.42. The van der Waals surface area contributed by atoms with Crippen LogP contribution < -0.4 is 4.72 Å². The summed E-state index contributed by atoms with van der Waals surface area (Å²) in [6, 6.07) is 0.730. The molecule has 23 heavy (non-hydrogen) atoms. The number of hydrogen-bond acceptors (Lipinski definition) is 4. The van der Waals surface area contributed by atoms with Crippen molar-refractivity contribution in [2.75, 3.05) is 6.26 Å². The number of ketones is 2. The van der Waals surface area contributed by atoms with E-state index in [-0.39, 0.29) is 22.8 Å². The number of Topliss-reactive ketones (excluding diaryl/α,β-unsaturated/α-hetero) is 2. The summed E-state index contributed by atoms with van der Waals surface area (Å²) in [5.41, 5.74) is -0.564. The van der Waals surface area contributed by atoms with Crippen LogP contribution in [0.15, 0.2) is 12.1 Å². The highest BCUT2D eigenvalue weighted by Crippen LogP contribution is 2.32. The number of hydrogen-bond donors (Lipinski definition) is 1. The maximum Gasteiger partial charge on any atom is 0.209 e. The lowest BCUT2D eigenvalue weighted by atomic mass is 9.95. The van der Waals surface area contributed by atoms with E-state index in [9.17, 15) is 26.8 Å². The smallest absolute Gasteiger partial charge is 0.209 e. The molecule has 1 saturated carbocycles. The Kier molecular flexibility index (Phi) is 4.95. The van der Waals surface area contributed by atoms with E-state index in [1.54, 1.807) is 0 Å². The maximum absolute atomic E-state index is 14.1. The molecule has 1 aromatic carbocycles. The minimum atomic E-state index is -3.69. The lowest BCUT2D eigenvalue weighted by Crippen LogP contribution is -2.28. The summed E-state index contributed by atoms with van der Waals surface area (Å²) >= 11 is 0. The van der Waals surface area contributed by atoms with Crippen LogP contribution in [0.5, 0.6) is 0 Å². The van der Waals surface area contributed by atoms with Crippen LogP contribution in [0.25, 0.3) is 0 Å². The standard InChI is InChI=1S/C15H17F2NO4S/c1-8(18-23(2,21)22)14-10(5-6-11(16)15(14)17)13(20)7-12(19)9-3-4-9/h5-6,8-9,18H,3-4,7H2,1-2H3. The average Bonchev–Trinajstić information content (AvgIpc) is 3.23. The van der Waals surface area contributed by atoms with E-state index in [4.69, 9.17) is 0 Å². The molecule has 0 radical (unpaired) electrons. The first-order valence-electron chi connectivity index (χ1n) is 7.11. The third-order valence-electron chi connectivity index (χ3n) is 3.62. The molecule has 0 amide bonds. The lowest BCUT2D eigenvalue weighted by Gasteiger charge is -2.17. The predicted octanol–water partition coefficient (Wildman–Crippen LogP) is 2.13. The van der Waals surface area contributed by atoms with E-state index in [2.05, 4.69) is 4.72 Å². The van der Waals surface area contributed by atoms with Crippen molar-refractivity contribution in [2.45, 2.75) is 32.2 Å². The fraction of sp³-hybridized carbons (Fsp3) is 0.467. The zero-order valence-corrected chi connectivity index (χ0v) is 13.5. The van der Waals surface area contributed by atoms with Crippen molar-refractivity contribution in [3.63, 3.8) is 0 Å². The van der Waals surface area contributed by atoms with Gasteiger partial charge in [0.1, 0.15) is 5.78 Å². The number of nitrogens with one attached hydrogen (secondary N) is 1. The van der Waals surface area contributed by atoms with Gasteiger partial charge in [0.05, 0.1) is 12.7 Å². The molecule has 0 heterocycles. The maximum atomic E-state index is 14.1. The third-order valence-corrected chi connectivity index (χ3v) is 4.41. The first kappa shape index (κ1) is 17.7. The number of rotatable bonds is 7. The van der Waals surface area contributed by atoms with Gasteiger partial charge in [0, 0.05) is 23.1 Å². The second-order valence-electron chi connectivity index (χ2n) is 5.77. The Hall–Kier alpha value is -1.67. The molecule has 126 valence electrons. The summed E-state index contributed by atoms with van der Waals surface area (Å²) < 4.78 is 52.3. The molecule has 1 unspecified atom stereocenters. The van der Waals surface area contributed by atoms with Crippen molar-refractivity contribution in [1.82, 2.24) is 4.72 Å². The van der Waals surface area contributed by atoms with E-state index in [1.807, 2.05) is 0 Å². The normalized spacial score (nSPS) is 16.2. The van der Waals surface area contributed by atoms with Gasteiger partial charge in [-0.25, -0.2) is 21.9 Å². The molecule has 1 aliphatic rings. The minimum absolute atomic E-state index is 0.126. The highest BCUT2D eigenvalue weighted by atomic mass is 32.2. The number of benzene rings is 1. The summed E-state index contributed by atoms with van der Waals surface area (Å²) in [5, 5.41) is 0. The van der Waals surface area contributed by atoms with Crippen molar-refractivity contribution in [3.05, 3.63) is 34.9 Å². The SMILES string of the molecule is CC(NS(C)(=O)=O)c1c(C(=O)CC(=O)C2CC2)ccc(F)c1F. The average molecular weight is 345 g/mol. The largest absolute Gasteiger partial charge is 0.299 e. The first-order valence-corrected chi connectivity index (χ1v) is 9.00. The Balaban J connectivity index is 2.36. The quantitative estimate of drug-likeness (QED) is 0.606. The molecule has 0 aromatic heterocycles. The van der Waals surface area contributed by atoms with Gasteiger partial charge >= 0.3 is 0 Å². The minimum Gasteiger partial charge on any atom is -0.299 e. The van der Waals surface area contributed by atoms with Crippen LogP contribution in [-0.2, 0) is 14.8 Å². The van der Waals surface area contributed by atoms with Crippen LogP contribution in [0.1, 0.15) is 48.1 Å². The summed E-state index contributed by atoms with van der Waals surface area (Å²) in [7, 11) is -3.69. The molecular weight excluding hydrogens is 328 g/mol. The summed E-state index contributed by atoms with van der Waals surface area (Å²) in [5.74, 6) is -3.47. The van der Waals surface area contributed by atoms with Crippen molar-refractivity contribution < 1.29 is 26.8 Å². The molecular formula is C15H17F2NO4S. The number of carbonyl (C=O) groups excluding carboxylic acids is 2. The van der Waals surface area contributed by atoms with Crippen LogP contribution in [0, 0.1) is 17.6 Å². The zero-order valence-electron chi connectivity index (χ0n) is 12.7.